The van der Waals surface area contributed by atoms with E-state index in [1.54, 1.807) is 0 Å². The van der Waals surface area contributed by atoms with Crippen LogP contribution in [0.15, 0.2) is 24.3 Å². The Hall–Kier alpha value is -0.261. The molecule has 1 aromatic carbocycles. The van der Waals surface area contributed by atoms with Gasteiger partial charge in [0.2, 0.25) is 0 Å². The molecule has 8 heavy (non-hydrogen) atoms. The van der Waals surface area contributed by atoms with Gasteiger partial charge in [-0.3, -0.25) is 0 Å². The molecule has 0 saturated heterocycles. The van der Waals surface area contributed by atoms with Gasteiger partial charge in [0.05, 0.1) is 0 Å². The molecule has 0 N–H and O–H groups in total. The van der Waals surface area contributed by atoms with Crippen molar-refractivity contribution in [2.45, 2.75) is 6.92 Å². The standard InChI is InChI=1S/C7H7.Cu/c1-7-5-3-2-4-6-7;/h2-5H,1H3;. The van der Waals surface area contributed by atoms with Crippen molar-refractivity contribution >= 4 is 4.46 Å². The molecule has 0 spiro atoms. The molecule has 46 valence electrons. The van der Waals surface area contributed by atoms with E-state index in [0.717, 1.165) is 4.46 Å². The summed E-state index contributed by atoms with van der Waals surface area (Å²) < 4.78 is 0.931. The first kappa shape index (κ1) is 5.87. The third kappa shape index (κ3) is 1.12. The van der Waals surface area contributed by atoms with Crippen LogP contribution in [0, 0.1) is 6.92 Å². The van der Waals surface area contributed by atoms with E-state index in [2.05, 4.69) is 0 Å². The summed E-state index contributed by atoms with van der Waals surface area (Å²) in [4.78, 5) is 0. The van der Waals surface area contributed by atoms with E-state index >= 15 is 0 Å². The van der Waals surface area contributed by atoms with Crippen LogP contribution in [0.1, 0.15) is 5.56 Å². The summed E-state index contributed by atoms with van der Waals surface area (Å²) in [5.41, 5.74) is 1.17. The van der Waals surface area contributed by atoms with Gasteiger partial charge in [0.1, 0.15) is 0 Å². The van der Waals surface area contributed by atoms with Gasteiger partial charge < -0.3 is 0 Å². The van der Waals surface area contributed by atoms with Gasteiger partial charge in [0, 0.05) is 0 Å². The number of aryl methyl sites for hydroxylation is 1. The molecule has 0 fully saturated rings. The predicted molar refractivity (Wildman–Crippen MR) is 30.8 cm³/mol. The van der Waals surface area contributed by atoms with E-state index in [1.165, 1.54) is 5.56 Å². The van der Waals surface area contributed by atoms with Crippen molar-refractivity contribution in [1.82, 2.24) is 0 Å². The maximum atomic E-state index is 5.09. The summed E-state index contributed by atoms with van der Waals surface area (Å²) in [5.74, 6) is 0. The molecule has 0 heterocycles. The van der Waals surface area contributed by atoms with Gasteiger partial charge in [0.25, 0.3) is 0 Å². The molecule has 0 unspecified atom stereocenters. The molecule has 1 aromatic rings. The van der Waals surface area contributed by atoms with E-state index in [9.17, 15) is 0 Å². The van der Waals surface area contributed by atoms with Gasteiger partial charge >= 0.3 is 57.2 Å². The molecule has 1 rings (SSSR count). The van der Waals surface area contributed by atoms with Crippen LogP contribution >= 0.6 is 0 Å². The zero-order valence-electron chi connectivity index (χ0n) is 4.61. The van der Waals surface area contributed by atoms with Gasteiger partial charge in [-0.05, 0) is 0 Å². The van der Waals surface area contributed by atoms with E-state index in [4.69, 9.17) is 16.0 Å². The Balaban J connectivity index is 3.13. The first-order valence-electron chi connectivity index (χ1n) is 2.48. The summed E-state index contributed by atoms with van der Waals surface area (Å²) in [7, 11) is 0. The van der Waals surface area contributed by atoms with Gasteiger partial charge in [-0.15, -0.1) is 0 Å². The number of rotatable bonds is 0. The average Bonchev–Trinajstić information content (AvgIpc) is 1.77. The topological polar surface area (TPSA) is 0 Å². The van der Waals surface area contributed by atoms with Crippen molar-refractivity contribution in [2.75, 3.05) is 0 Å². The summed E-state index contributed by atoms with van der Waals surface area (Å²) in [6.07, 6.45) is 0. The summed E-state index contributed by atoms with van der Waals surface area (Å²) in [6, 6.07) is 7.87. The van der Waals surface area contributed by atoms with Crippen molar-refractivity contribution in [1.29, 1.82) is 0 Å². The first-order chi connectivity index (χ1) is 3.80. The molecule has 0 aliphatic rings. The minimum absolute atomic E-state index is 0.931. The quantitative estimate of drug-likeness (QED) is 0.493. The molecule has 0 bridgehead atoms. The number of benzene rings is 1. The van der Waals surface area contributed by atoms with Gasteiger partial charge in [-0.1, -0.05) is 0 Å². The van der Waals surface area contributed by atoms with Gasteiger partial charge in [0.15, 0.2) is 0 Å². The summed E-state index contributed by atoms with van der Waals surface area (Å²) in [5, 5.41) is 0. The van der Waals surface area contributed by atoms with Crippen LogP contribution in [0.5, 0.6) is 0 Å². The van der Waals surface area contributed by atoms with Gasteiger partial charge in [-0.25, -0.2) is 0 Å². The third-order valence-electron chi connectivity index (χ3n) is 1.03. The zero-order valence-corrected chi connectivity index (χ0v) is 5.55. The van der Waals surface area contributed by atoms with Crippen molar-refractivity contribution in [3.8, 4) is 0 Å². The SMILES string of the molecule is Cc1cccc[c]1[Cu]. The molecule has 1 heteroatoms. The van der Waals surface area contributed by atoms with Crippen LogP contribution in [0.3, 0.4) is 0 Å². The van der Waals surface area contributed by atoms with Crippen LogP contribution in [0.25, 0.3) is 0 Å². The molecule has 0 aliphatic carbocycles. The number of hydrogen-bond donors (Lipinski definition) is 0. The molecule has 0 saturated carbocycles. The molecule has 0 nitrogen and oxygen atoms in total. The third-order valence-corrected chi connectivity index (χ3v) is 1.56. The van der Waals surface area contributed by atoms with Crippen molar-refractivity contribution in [2.24, 2.45) is 0 Å². The fourth-order valence-electron chi connectivity index (χ4n) is 0.537. The maximum absolute atomic E-state index is 5.09. The molecule has 0 aromatic heterocycles. The second-order valence-electron chi connectivity index (χ2n) is 1.71. The monoisotopic (exact) mass is 154 g/mol. The van der Waals surface area contributed by atoms with Crippen molar-refractivity contribution < 1.29 is 16.0 Å². The van der Waals surface area contributed by atoms with Crippen LogP contribution in [0.2, 0.25) is 0 Å². The van der Waals surface area contributed by atoms with Crippen LogP contribution in [-0.4, -0.2) is 0 Å². The second-order valence-corrected chi connectivity index (χ2v) is 2.22. The van der Waals surface area contributed by atoms with E-state index < -0.39 is 0 Å². The van der Waals surface area contributed by atoms with Crippen LogP contribution < -0.4 is 4.46 Å². The Kier molecular flexibility index (Phi) is 1.72. The Morgan fingerprint density at radius 2 is 1.88 bits per heavy atom. The molecule has 0 radical (unpaired) electrons. The summed E-state index contributed by atoms with van der Waals surface area (Å²) >= 11 is 5.09. The molecule has 0 atom stereocenters. The number of hydrogen-bond acceptors (Lipinski definition) is 0. The second kappa shape index (κ2) is 2.34. The Labute approximate surface area is 57.7 Å². The van der Waals surface area contributed by atoms with Crippen molar-refractivity contribution in [3.63, 3.8) is 0 Å². The average molecular weight is 155 g/mol. The normalized spacial score (nSPS) is 9.38. The fraction of sp³-hybridized carbons (Fsp3) is 0.143. The van der Waals surface area contributed by atoms with Crippen LogP contribution in [-0.2, 0) is 16.0 Å². The predicted octanol–water partition coefficient (Wildman–Crippen LogP) is 1.17. The molecule has 0 amide bonds. The molecule has 0 aliphatic heterocycles. The van der Waals surface area contributed by atoms with E-state index in [1.807, 2.05) is 31.2 Å². The van der Waals surface area contributed by atoms with E-state index in [0.29, 0.717) is 0 Å². The van der Waals surface area contributed by atoms with Crippen molar-refractivity contribution in [3.05, 3.63) is 29.8 Å². The fourth-order valence-corrected chi connectivity index (χ4v) is 0.706. The Bertz CT molecular complexity index is 160. The Morgan fingerprint density at radius 3 is 2.25 bits per heavy atom. The summed E-state index contributed by atoms with van der Waals surface area (Å²) in [6.45, 7) is 2.01. The zero-order chi connectivity index (χ0) is 5.98. The Morgan fingerprint density at radius 1 is 1.25 bits per heavy atom. The van der Waals surface area contributed by atoms with E-state index in [-0.39, 0.29) is 0 Å². The van der Waals surface area contributed by atoms with Crippen LogP contribution in [0.4, 0.5) is 0 Å². The first-order valence-corrected chi connectivity index (χ1v) is 2.95. The minimum atomic E-state index is 0.931. The molecular formula is C7H7Cu. The molecular weight excluding hydrogens is 148 g/mol. The van der Waals surface area contributed by atoms with Gasteiger partial charge in [-0.2, -0.15) is 0 Å².